The molecule has 0 saturated carbocycles. The number of aromatic nitrogens is 5. The van der Waals surface area contributed by atoms with Crippen molar-refractivity contribution >= 4 is 50.2 Å². The number of nitrogens with zero attached hydrogens (tertiary/aromatic N) is 5. The first-order chi connectivity index (χ1) is 17.0. The highest BCUT2D eigenvalue weighted by Gasteiger charge is 2.21. The van der Waals surface area contributed by atoms with Crippen LogP contribution in [0.1, 0.15) is 12.2 Å². The predicted octanol–water partition coefficient (Wildman–Crippen LogP) is 3.87. The summed E-state index contributed by atoms with van der Waals surface area (Å²) in [5.74, 6) is -0.948. The quantitative estimate of drug-likeness (QED) is 0.330. The summed E-state index contributed by atoms with van der Waals surface area (Å²) >= 11 is 0. The minimum atomic E-state index is -3.72. The van der Waals surface area contributed by atoms with Crippen molar-refractivity contribution in [2.75, 3.05) is 28.2 Å². The lowest BCUT2D eigenvalue weighted by Gasteiger charge is -2.22. The molecular weight excluding hydrogens is 505 g/mol. The van der Waals surface area contributed by atoms with Gasteiger partial charge in [-0.2, -0.15) is 5.10 Å². The number of alkyl halides is 2. The lowest BCUT2D eigenvalue weighted by molar-refractivity contribution is -0.0544. The number of rotatable bonds is 7. The molecule has 1 amide bonds. The van der Waals surface area contributed by atoms with E-state index in [1.807, 2.05) is 5.32 Å². The summed E-state index contributed by atoms with van der Waals surface area (Å²) in [4.78, 5) is 24.5. The molecule has 36 heavy (non-hydrogen) atoms. The molecule has 0 spiro atoms. The molecule has 190 valence electrons. The topological polar surface area (TPSA) is 147 Å². The fraction of sp³-hybridized carbons (Fsp3) is 0.200. The molecule has 12 nitrogen and oxygen atoms in total. The predicted molar refractivity (Wildman–Crippen MR) is 125 cm³/mol. The van der Waals surface area contributed by atoms with Crippen LogP contribution in [0, 0.1) is 0 Å². The van der Waals surface area contributed by atoms with E-state index in [2.05, 4.69) is 30.3 Å². The Morgan fingerprint density at radius 1 is 1.19 bits per heavy atom. The number of aromatic amines is 1. The minimum absolute atomic E-state index is 0.0359. The second-order valence-corrected chi connectivity index (χ2v) is 9.67. The molecule has 0 aliphatic carbocycles. The summed E-state index contributed by atoms with van der Waals surface area (Å²) in [7, 11) is -0.632. The van der Waals surface area contributed by atoms with Crippen molar-refractivity contribution in [2.24, 2.45) is 7.05 Å². The number of hydrogen-bond donors (Lipinski definition) is 3. The summed E-state index contributed by atoms with van der Waals surface area (Å²) in [6.07, 6.45) is -0.0674. The first-order valence-corrected chi connectivity index (χ1v) is 11.9. The van der Waals surface area contributed by atoms with Gasteiger partial charge in [0.1, 0.15) is 11.3 Å². The number of H-pyrrole nitrogens is 1. The number of halogens is 3. The normalized spacial score (nSPS) is 11.6. The Hall–Kier alpha value is -4.34. The fourth-order valence-corrected chi connectivity index (χ4v) is 3.88. The molecule has 0 aliphatic heterocycles. The number of aryl methyl sites for hydroxylation is 1. The second kappa shape index (κ2) is 9.37. The number of fused-ring (bicyclic) bond motifs is 1. The Kier molecular flexibility index (Phi) is 6.45. The summed E-state index contributed by atoms with van der Waals surface area (Å²) in [6.45, 7) is 0. The average Bonchev–Trinajstić information content (AvgIpc) is 3.45. The van der Waals surface area contributed by atoms with Crippen molar-refractivity contribution in [1.82, 2.24) is 24.7 Å². The number of carbonyl (C=O) groups is 1. The number of carbonyl (C=O) groups excluding carboxylic acids is 1. The number of imidazole rings is 1. The minimum Gasteiger partial charge on any atom is -0.352 e. The van der Waals surface area contributed by atoms with Crippen LogP contribution in [0.5, 0.6) is 0 Å². The zero-order chi connectivity index (χ0) is 26.2. The van der Waals surface area contributed by atoms with Gasteiger partial charge in [0.15, 0.2) is 11.5 Å². The number of hydrogen-bond acceptors (Lipinski definition) is 8. The molecule has 0 fully saturated rings. The van der Waals surface area contributed by atoms with Gasteiger partial charge in [0.25, 0.3) is 6.43 Å². The van der Waals surface area contributed by atoms with Crippen LogP contribution in [-0.2, 0) is 22.0 Å². The molecule has 16 heteroatoms. The first-order valence-electron chi connectivity index (χ1n) is 10.1. The SMILES string of the molecule is CN(c1cc(-c2cnn(C)c2)ccc1Nc1cc(NC(=O)OF)nc2nc(C(F)F)[nH]c12)S(C)(=O)=O. The molecule has 3 aromatic heterocycles. The monoisotopic (exact) mass is 524 g/mol. The molecule has 0 aliphatic rings. The van der Waals surface area contributed by atoms with Crippen molar-refractivity contribution in [3.63, 3.8) is 0 Å². The zero-order valence-electron chi connectivity index (χ0n) is 19.0. The highest BCUT2D eigenvalue weighted by Crippen LogP contribution is 2.36. The van der Waals surface area contributed by atoms with E-state index in [0.717, 1.165) is 16.1 Å². The summed E-state index contributed by atoms with van der Waals surface area (Å²) in [5.41, 5.74) is 1.78. The van der Waals surface area contributed by atoms with Crippen molar-refractivity contribution in [3.05, 3.63) is 42.5 Å². The second-order valence-electron chi connectivity index (χ2n) is 7.66. The van der Waals surface area contributed by atoms with Crippen molar-refractivity contribution in [2.45, 2.75) is 6.43 Å². The lowest BCUT2D eigenvalue weighted by atomic mass is 10.1. The largest absolute Gasteiger partial charge is 0.450 e. The van der Waals surface area contributed by atoms with E-state index in [-0.39, 0.29) is 34.0 Å². The number of sulfonamides is 1. The Morgan fingerprint density at radius 2 is 1.94 bits per heavy atom. The van der Waals surface area contributed by atoms with E-state index in [4.69, 9.17) is 0 Å². The van der Waals surface area contributed by atoms with Gasteiger partial charge in [0.05, 0.1) is 29.5 Å². The smallest absolute Gasteiger partial charge is 0.352 e. The van der Waals surface area contributed by atoms with Crippen LogP contribution >= 0.6 is 0 Å². The molecule has 0 unspecified atom stereocenters. The van der Waals surface area contributed by atoms with Crippen LogP contribution in [0.4, 0.5) is 41.0 Å². The van der Waals surface area contributed by atoms with Gasteiger partial charge in [-0.1, -0.05) is 6.07 Å². The first kappa shape index (κ1) is 24.8. The van der Waals surface area contributed by atoms with Gasteiger partial charge < -0.3 is 10.3 Å². The van der Waals surface area contributed by atoms with Crippen LogP contribution in [0.3, 0.4) is 0 Å². The number of amides is 1. The van der Waals surface area contributed by atoms with E-state index >= 15 is 0 Å². The van der Waals surface area contributed by atoms with E-state index in [9.17, 15) is 26.5 Å². The van der Waals surface area contributed by atoms with Crippen molar-refractivity contribution < 1.29 is 31.5 Å². The van der Waals surface area contributed by atoms with Gasteiger partial charge in [0, 0.05) is 36.4 Å². The average molecular weight is 524 g/mol. The van der Waals surface area contributed by atoms with Crippen LogP contribution < -0.4 is 14.9 Å². The number of anilines is 4. The highest BCUT2D eigenvalue weighted by atomic mass is 32.2. The Labute approximate surface area is 202 Å². The van der Waals surface area contributed by atoms with E-state index in [1.54, 1.807) is 42.3 Å². The maximum absolute atomic E-state index is 13.3. The van der Waals surface area contributed by atoms with Gasteiger partial charge >= 0.3 is 6.09 Å². The molecule has 3 heterocycles. The highest BCUT2D eigenvalue weighted by molar-refractivity contribution is 7.92. The molecular formula is C20H19F3N8O4S. The molecule has 0 bridgehead atoms. The molecule has 0 radical (unpaired) electrons. The zero-order valence-corrected chi connectivity index (χ0v) is 19.8. The Morgan fingerprint density at radius 3 is 2.56 bits per heavy atom. The number of benzene rings is 1. The third-order valence-electron chi connectivity index (χ3n) is 5.13. The third-order valence-corrected chi connectivity index (χ3v) is 6.32. The van der Waals surface area contributed by atoms with Crippen LogP contribution in [0.15, 0.2) is 36.7 Å². The molecule has 4 rings (SSSR count). The number of pyridine rings is 1. The Balaban J connectivity index is 1.86. The van der Waals surface area contributed by atoms with E-state index < -0.39 is 28.4 Å². The fourth-order valence-electron chi connectivity index (χ4n) is 3.37. The van der Waals surface area contributed by atoms with E-state index in [0.29, 0.717) is 5.56 Å². The third kappa shape index (κ3) is 5.02. The molecule has 1 aromatic carbocycles. The summed E-state index contributed by atoms with van der Waals surface area (Å²) in [6, 6.07) is 6.11. The lowest BCUT2D eigenvalue weighted by Crippen LogP contribution is -2.25. The Bertz CT molecular complexity index is 1550. The molecule has 3 N–H and O–H groups in total. The van der Waals surface area contributed by atoms with Gasteiger partial charge in [-0.3, -0.25) is 14.3 Å². The number of nitrogens with one attached hydrogen (secondary N) is 3. The maximum Gasteiger partial charge on any atom is 0.450 e. The van der Waals surface area contributed by atoms with E-state index in [1.165, 1.54) is 13.1 Å². The van der Waals surface area contributed by atoms with Crippen LogP contribution in [0.25, 0.3) is 22.3 Å². The molecule has 0 saturated heterocycles. The summed E-state index contributed by atoms with van der Waals surface area (Å²) < 4.78 is 66.1. The van der Waals surface area contributed by atoms with Crippen LogP contribution in [-0.4, -0.2) is 52.5 Å². The molecule has 4 aromatic rings. The molecule has 0 atom stereocenters. The van der Waals surface area contributed by atoms with Crippen molar-refractivity contribution in [1.29, 1.82) is 0 Å². The summed E-state index contributed by atoms with van der Waals surface area (Å²) in [5, 5.41) is 9.08. The van der Waals surface area contributed by atoms with Gasteiger partial charge in [-0.15, -0.1) is 0 Å². The van der Waals surface area contributed by atoms with Crippen molar-refractivity contribution in [3.8, 4) is 11.1 Å². The van der Waals surface area contributed by atoms with Gasteiger partial charge in [-0.25, -0.2) is 36.9 Å². The standard InChI is InChI=1S/C20H19F3N8O4S/c1-30-9-11(8-24-30)10-4-5-12(14(6-10)31(2)36(3,33)34)25-13-7-15(27-20(32)35-23)26-18-16(13)28-19(29-18)17(21)22/h4-9,17H,1-3H3,(H3,25,26,27,28,29,32). The maximum atomic E-state index is 13.3. The van der Waals surface area contributed by atoms with Gasteiger partial charge in [0.2, 0.25) is 10.0 Å². The van der Waals surface area contributed by atoms with Gasteiger partial charge in [-0.05, 0) is 17.7 Å². The van der Waals surface area contributed by atoms with Crippen LogP contribution in [0.2, 0.25) is 0 Å².